The fraction of sp³-hybridized carbons (Fsp3) is 0.455. The highest BCUT2D eigenvalue weighted by Gasteiger charge is 2.15. The van der Waals surface area contributed by atoms with Crippen molar-refractivity contribution in [1.29, 1.82) is 0 Å². The third kappa shape index (κ3) is 2.29. The van der Waals surface area contributed by atoms with Gasteiger partial charge in [0.2, 0.25) is 0 Å². The van der Waals surface area contributed by atoms with Gasteiger partial charge in [0.25, 0.3) is 0 Å². The van der Waals surface area contributed by atoms with Crippen molar-refractivity contribution in [2.45, 2.75) is 6.54 Å². The maximum absolute atomic E-state index is 13.6. The monoisotopic (exact) mass is 243 g/mol. The first kappa shape index (κ1) is 11.6. The molecule has 1 aliphatic rings. The van der Waals surface area contributed by atoms with Crippen LogP contribution in [0.1, 0.15) is 5.56 Å². The topological polar surface area (TPSA) is 41.3 Å². The summed E-state index contributed by atoms with van der Waals surface area (Å²) in [5.41, 5.74) is 6.65. The SMILES string of the molecule is NCc1cc(Cl)c(N2CCNCC2)cc1F. The van der Waals surface area contributed by atoms with Crippen LogP contribution in [0.5, 0.6) is 0 Å². The van der Waals surface area contributed by atoms with Gasteiger partial charge in [0.1, 0.15) is 5.82 Å². The zero-order valence-electron chi connectivity index (χ0n) is 8.97. The van der Waals surface area contributed by atoms with E-state index in [1.807, 2.05) is 0 Å². The van der Waals surface area contributed by atoms with Crippen LogP contribution in [0.3, 0.4) is 0 Å². The molecule has 0 saturated carbocycles. The summed E-state index contributed by atoms with van der Waals surface area (Å²) in [4.78, 5) is 2.09. The Hall–Kier alpha value is -0.840. The minimum atomic E-state index is -0.277. The van der Waals surface area contributed by atoms with Gasteiger partial charge in [-0.3, -0.25) is 0 Å². The largest absolute Gasteiger partial charge is 0.368 e. The number of hydrogen-bond donors (Lipinski definition) is 2. The Kier molecular flexibility index (Phi) is 3.63. The Balaban J connectivity index is 2.29. The summed E-state index contributed by atoms with van der Waals surface area (Å²) in [5.74, 6) is -0.277. The quantitative estimate of drug-likeness (QED) is 0.824. The number of anilines is 1. The van der Waals surface area contributed by atoms with E-state index < -0.39 is 0 Å². The van der Waals surface area contributed by atoms with Gasteiger partial charge in [-0.15, -0.1) is 0 Å². The summed E-state index contributed by atoms with van der Waals surface area (Å²) in [6.45, 7) is 3.67. The van der Waals surface area contributed by atoms with Crippen LogP contribution in [0.2, 0.25) is 5.02 Å². The standard InChI is InChI=1S/C11H15ClFN3/c12-9-5-8(7-14)10(13)6-11(9)16-3-1-15-2-4-16/h5-6,15H,1-4,7,14H2. The fourth-order valence-electron chi connectivity index (χ4n) is 1.88. The summed E-state index contributed by atoms with van der Waals surface area (Å²) >= 11 is 6.13. The lowest BCUT2D eigenvalue weighted by molar-refractivity contribution is 0.582. The average molecular weight is 244 g/mol. The van der Waals surface area contributed by atoms with Crippen molar-refractivity contribution in [3.8, 4) is 0 Å². The molecule has 3 nitrogen and oxygen atoms in total. The van der Waals surface area contributed by atoms with Gasteiger partial charge in [0.05, 0.1) is 10.7 Å². The van der Waals surface area contributed by atoms with E-state index in [1.54, 1.807) is 6.07 Å². The number of nitrogens with two attached hydrogens (primary N) is 1. The molecule has 3 N–H and O–H groups in total. The number of hydrogen-bond acceptors (Lipinski definition) is 3. The molecule has 2 rings (SSSR count). The summed E-state index contributed by atoms with van der Waals surface area (Å²) in [6.07, 6.45) is 0. The van der Waals surface area contributed by atoms with Gasteiger partial charge >= 0.3 is 0 Å². The van der Waals surface area contributed by atoms with E-state index in [4.69, 9.17) is 17.3 Å². The first-order chi connectivity index (χ1) is 7.72. The predicted molar refractivity (Wildman–Crippen MR) is 64.4 cm³/mol. The van der Waals surface area contributed by atoms with Crippen molar-refractivity contribution in [3.05, 3.63) is 28.5 Å². The van der Waals surface area contributed by atoms with Crippen molar-refractivity contribution in [2.75, 3.05) is 31.1 Å². The van der Waals surface area contributed by atoms with Gasteiger partial charge in [-0.05, 0) is 12.1 Å². The smallest absolute Gasteiger partial charge is 0.129 e. The van der Waals surface area contributed by atoms with Gasteiger partial charge in [-0.25, -0.2) is 4.39 Å². The summed E-state index contributed by atoms with van der Waals surface area (Å²) in [5, 5.41) is 3.82. The van der Waals surface area contributed by atoms with Crippen molar-refractivity contribution < 1.29 is 4.39 Å². The molecule has 1 aromatic carbocycles. The van der Waals surface area contributed by atoms with E-state index in [2.05, 4.69) is 10.2 Å². The Morgan fingerprint density at radius 2 is 2.06 bits per heavy atom. The first-order valence-electron chi connectivity index (χ1n) is 5.36. The number of halogens is 2. The fourth-order valence-corrected chi connectivity index (χ4v) is 2.19. The molecule has 1 fully saturated rings. The normalized spacial score (nSPS) is 16.6. The molecule has 1 aromatic rings. The average Bonchev–Trinajstić information content (AvgIpc) is 2.32. The Bertz CT molecular complexity index is 378. The van der Waals surface area contributed by atoms with E-state index >= 15 is 0 Å². The second kappa shape index (κ2) is 4.99. The predicted octanol–water partition coefficient (Wildman–Crippen LogP) is 1.35. The molecule has 0 aliphatic carbocycles. The van der Waals surface area contributed by atoms with Gasteiger partial charge in [0, 0.05) is 38.3 Å². The molecule has 1 aliphatic heterocycles. The molecule has 0 aromatic heterocycles. The highest BCUT2D eigenvalue weighted by Crippen LogP contribution is 2.29. The van der Waals surface area contributed by atoms with Crippen LogP contribution in [0.4, 0.5) is 10.1 Å². The van der Waals surface area contributed by atoms with Gasteiger partial charge in [-0.1, -0.05) is 11.6 Å². The highest BCUT2D eigenvalue weighted by atomic mass is 35.5. The van der Waals surface area contributed by atoms with Crippen LogP contribution >= 0.6 is 11.6 Å². The number of rotatable bonds is 2. The minimum Gasteiger partial charge on any atom is -0.368 e. The zero-order valence-corrected chi connectivity index (χ0v) is 9.73. The van der Waals surface area contributed by atoms with E-state index in [9.17, 15) is 4.39 Å². The molecule has 0 spiro atoms. The third-order valence-electron chi connectivity index (χ3n) is 2.79. The first-order valence-corrected chi connectivity index (χ1v) is 5.74. The maximum Gasteiger partial charge on any atom is 0.129 e. The summed E-state index contributed by atoms with van der Waals surface area (Å²) < 4.78 is 13.6. The number of benzene rings is 1. The molecule has 5 heteroatoms. The Morgan fingerprint density at radius 3 is 2.69 bits per heavy atom. The molecule has 16 heavy (non-hydrogen) atoms. The molecule has 88 valence electrons. The minimum absolute atomic E-state index is 0.174. The van der Waals surface area contributed by atoms with Crippen LogP contribution in [-0.4, -0.2) is 26.2 Å². The number of nitrogens with one attached hydrogen (secondary N) is 1. The van der Waals surface area contributed by atoms with Gasteiger partial charge < -0.3 is 16.0 Å². The van der Waals surface area contributed by atoms with Crippen molar-refractivity contribution in [2.24, 2.45) is 5.73 Å². The number of piperazine rings is 1. The van der Waals surface area contributed by atoms with E-state index in [0.29, 0.717) is 10.6 Å². The van der Waals surface area contributed by atoms with Crippen LogP contribution in [0, 0.1) is 5.82 Å². The van der Waals surface area contributed by atoms with Crippen molar-refractivity contribution in [3.63, 3.8) is 0 Å². The Labute approximate surface area is 99.4 Å². The second-order valence-corrected chi connectivity index (χ2v) is 4.24. The lowest BCUT2D eigenvalue weighted by Crippen LogP contribution is -2.43. The lowest BCUT2D eigenvalue weighted by Gasteiger charge is -2.30. The molecular weight excluding hydrogens is 229 g/mol. The molecule has 1 saturated heterocycles. The lowest BCUT2D eigenvalue weighted by atomic mass is 10.1. The highest BCUT2D eigenvalue weighted by molar-refractivity contribution is 6.33. The third-order valence-corrected chi connectivity index (χ3v) is 3.10. The van der Waals surface area contributed by atoms with E-state index in [1.165, 1.54) is 6.07 Å². The van der Waals surface area contributed by atoms with Crippen LogP contribution in [-0.2, 0) is 6.54 Å². The van der Waals surface area contributed by atoms with Gasteiger partial charge in [0.15, 0.2) is 0 Å². The van der Waals surface area contributed by atoms with Crippen LogP contribution < -0.4 is 16.0 Å². The molecule has 0 amide bonds. The van der Waals surface area contributed by atoms with Crippen molar-refractivity contribution in [1.82, 2.24) is 5.32 Å². The zero-order chi connectivity index (χ0) is 11.5. The molecule has 0 bridgehead atoms. The molecule has 0 radical (unpaired) electrons. The molecular formula is C11H15ClFN3. The summed E-state index contributed by atoms with van der Waals surface area (Å²) in [7, 11) is 0. The number of nitrogens with zero attached hydrogens (tertiary/aromatic N) is 1. The van der Waals surface area contributed by atoms with E-state index in [-0.39, 0.29) is 12.4 Å². The molecule has 0 atom stereocenters. The molecule has 1 heterocycles. The molecule has 0 unspecified atom stereocenters. The summed E-state index contributed by atoms with van der Waals surface area (Å²) in [6, 6.07) is 3.10. The van der Waals surface area contributed by atoms with Gasteiger partial charge in [-0.2, -0.15) is 0 Å². The maximum atomic E-state index is 13.6. The van der Waals surface area contributed by atoms with Crippen LogP contribution in [0.25, 0.3) is 0 Å². The van der Waals surface area contributed by atoms with Crippen molar-refractivity contribution >= 4 is 17.3 Å². The van der Waals surface area contributed by atoms with E-state index in [0.717, 1.165) is 31.9 Å². The second-order valence-electron chi connectivity index (χ2n) is 3.84. The van der Waals surface area contributed by atoms with Crippen LogP contribution in [0.15, 0.2) is 12.1 Å². The Morgan fingerprint density at radius 1 is 1.38 bits per heavy atom.